The SMILES string of the molecule is O=C(Nc1cc(Cl)ccn1)c1cc(NC(=O)[C@H]2[C@H](c3cc(Cl)cc(Cl)c3)C2(Cl)Cl)ccc1Cl. The number of hydrogen-bond donors (Lipinski definition) is 2. The van der Waals surface area contributed by atoms with Crippen LogP contribution in [0.4, 0.5) is 11.5 Å². The lowest BCUT2D eigenvalue weighted by atomic mass is 10.1. The van der Waals surface area contributed by atoms with E-state index >= 15 is 0 Å². The summed E-state index contributed by atoms with van der Waals surface area (Å²) in [5.41, 5.74) is 1.13. The van der Waals surface area contributed by atoms with Crippen LogP contribution in [0.15, 0.2) is 54.7 Å². The van der Waals surface area contributed by atoms with Gasteiger partial charge in [0, 0.05) is 32.9 Å². The zero-order valence-corrected chi connectivity index (χ0v) is 20.9. The van der Waals surface area contributed by atoms with E-state index in [1.807, 2.05) is 0 Å². The Balaban J connectivity index is 1.51. The zero-order chi connectivity index (χ0) is 23.9. The third-order valence-corrected chi connectivity index (χ3v) is 6.96. The van der Waals surface area contributed by atoms with Crippen molar-refractivity contribution < 1.29 is 9.59 Å². The molecule has 3 aromatic rings. The van der Waals surface area contributed by atoms with Gasteiger partial charge in [-0.15, -0.1) is 23.2 Å². The second-order valence-electron chi connectivity index (χ2n) is 7.33. The van der Waals surface area contributed by atoms with Gasteiger partial charge in [-0.2, -0.15) is 0 Å². The number of nitrogens with one attached hydrogen (secondary N) is 2. The second-order valence-corrected chi connectivity index (χ2v) is 10.5. The summed E-state index contributed by atoms with van der Waals surface area (Å²) in [4.78, 5) is 29.6. The maximum Gasteiger partial charge on any atom is 0.258 e. The van der Waals surface area contributed by atoms with E-state index in [0.717, 1.165) is 0 Å². The quantitative estimate of drug-likeness (QED) is 0.316. The molecule has 11 heteroatoms. The van der Waals surface area contributed by atoms with Crippen LogP contribution in [0.5, 0.6) is 0 Å². The van der Waals surface area contributed by atoms with E-state index in [1.165, 1.54) is 24.4 Å². The Morgan fingerprint density at radius 1 is 0.848 bits per heavy atom. The van der Waals surface area contributed by atoms with Gasteiger partial charge >= 0.3 is 0 Å². The molecule has 2 atom stereocenters. The molecule has 170 valence electrons. The summed E-state index contributed by atoms with van der Waals surface area (Å²) in [5, 5.41) is 6.77. The van der Waals surface area contributed by atoms with Gasteiger partial charge in [-0.1, -0.05) is 46.4 Å². The van der Waals surface area contributed by atoms with Gasteiger partial charge < -0.3 is 10.6 Å². The number of amides is 2. The molecule has 0 radical (unpaired) electrons. The van der Waals surface area contributed by atoms with Crippen LogP contribution >= 0.6 is 69.6 Å². The van der Waals surface area contributed by atoms with E-state index in [1.54, 1.807) is 30.3 Å². The molecule has 4 rings (SSSR count). The number of aromatic nitrogens is 1. The van der Waals surface area contributed by atoms with Gasteiger partial charge in [-0.05, 0) is 54.1 Å². The van der Waals surface area contributed by atoms with Crippen molar-refractivity contribution in [1.29, 1.82) is 0 Å². The fraction of sp³-hybridized carbons (Fsp3) is 0.136. The molecule has 1 aromatic heterocycles. The molecule has 1 saturated carbocycles. The molecule has 33 heavy (non-hydrogen) atoms. The highest BCUT2D eigenvalue weighted by molar-refractivity contribution is 6.53. The Bertz CT molecular complexity index is 1250. The molecule has 2 amide bonds. The molecule has 1 aliphatic rings. The molecule has 0 aliphatic heterocycles. The van der Waals surface area contributed by atoms with E-state index in [0.29, 0.717) is 26.3 Å². The number of nitrogens with zero attached hydrogens (tertiary/aromatic N) is 1. The highest BCUT2D eigenvalue weighted by atomic mass is 35.5. The molecule has 1 aliphatic carbocycles. The fourth-order valence-corrected chi connectivity index (χ4v) is 5.21. The largest absolute Gasteiger partial charge is 0.326 e. The number of anilines is 2. The summed E-state index contributed by atoms with van der Waals surface area (Å²) >= 11 is 37.0. The van der Waals surface area contributed by atoms with E-state index in [2.05, 4.69) is 15.6 Å². The molecule has 0 spiro atoms. The van der Waals surface area contributed by atoms with Gasteiger partial charge in [0.2, 0.25) is 5.91 Å². The van der Waals surface area contributed by atoms with E-state index < -0.39 is 28.0 Å². The van der Waals surface area contributed by atoms with Crippen LogP contribution in [0, 0.1) is 5.92 Å². The van der Waals surface area contributed by atoms with E-state index in [4.69, 9.17) is 69.6 Å². The second kappa shape index (κ2) is 9.49. The first-order valence-electron chi connectivity index (χ1n) is 9.43. The van der Waals surface area contributed by atoms with Crippen molar-refractivity contribution in [3.63, 3.8) is 0 Å². The van der Waals surface area contributed by atoms with Crippen LogP contribution < -0.4 is 10.6 Å². The van der Waals surface area contributed by atoms with Gasteiger partial charge in [-0.25, -0.2) is 4.98 Å². The lowest BCUT2D eigenvalue weighted by molar-refractivity contribution is -0.117. The average Bonchev–Trinajstić information content (AvgIpc) is 3.31. The Morgan fingerprint density at radius 2 is 1.55 bits per heavy atom. The maximum absolute atomic E-state index is 12.9. The van der Waals surface area contributed by atoms with Gasteiger partial charge in [0.25, 0.3) is 5.91 Å². The average molecular weight is 564 g/mol. The molecular weight excluding hydrogens is 551 g/mol. The number of pyridine rings is 1. The number of halogens is 6. The molecule has 0 saturated heterocycles. The smallest absolute Gasteiger partial charge is 0.258 e. The first kappa shape index (κ1) is 24.4. The number of rotatable bonds is 5. The van der Waals surface area contributed by atoms with Crippen LogP contribution in [-0.2, 0) is 4.79 Å². The molecule has 0 unspecified atom stereocenters. The van der Waals surface area contributed by atoms with Gasteiger partial charge in [0.15, 0.2) is 0 Å². The van der Waals surface area contributed by atoms with Gasteiger partial charge in [0.1, 0.15) is 10.2 Å². The van der Waals surface area contributed by atoms with Gasteiger partial charge in [0.05, 0.1) is 16.5 Å². The number of alkyl halides is 2. The van der Waals surface area contributed by atoms with Crippen LogP contribution in [0.25, 0.3) is 0 Å². The minimum Gasteiger partial charge on any atom is -0.326 e. The van der Waals surface area contributed by atoms with Crippen molar-refractivity contribution in [3.05, 3.63) is 85.9 Å². The summed E-state index contributed by atoms with van der Waals surface area (Å²) in [7, 11) is 0. The Morgan fingerprint density at radius 3 is 2.21 bits per heavy atom. The number of benzene rings is 2. The van der Waals surface area contributed by atoms with Gasteiger partial charge in [-0.3, -0.25) is 9.59 Å². The molecule has 2 aromatic carbocycles. The Labute approximate surface area is 219 Å². The van der Waals surface area contributed by atoms with Crippen molar-refractivity contribution in [2.75, 3.05) is 10.6 Å². The van der Waals surface area contributed by atoms with Crippen molar-refractivity contribution in [3.8, 4) is 0 Å². The van der Waals surface area contributed by atoms with Crippen molar-refractivity contribution in [2.24, 2.45) is 5.92 Å². The number of carbonyl (C=O) groups is 2. The summed E-state index contributed by atoms with van der Waals surface area (Å²) in [5.74, 6) is -1.94. The minimum atomic E-state index is -1.33. The summed E-state index contributed by atoms with van der Waals surface area (Å²) < 4.78 is -1.33. The standard InChI is InChI=1S/C22H13Cl6N3O2/c23-11-3-4-29-17(8-11)31-20(32)15-9-14(1-2-16(15)26)30-21(33)19-18(22(19,27)28)10-5-12(24)7-13(25)6-10/h1-9,18-19H,(H,30,33)(H,29,31,32)/t18-,19+/m0/s1. The maximum atomic E-state index is 12.9. The Hall–Kier alpha value is -1.73. The lowest BCUT2D eigenvalue weighted by Crippen LogP contribution is -2.18. The molecule has 5 nitrogen and oxygen atoms in total. The third kappa shape index (κ3) is 5.35. The number of hydrogen-bond acceptors (Lipinski definition) is 3. The Kier molecular flexibility index (Phi) is 7.02. The van der Waals surface area contributed by atoms with E-state index in [9.17, 15) is 9.59 Å². The van der Waals surface area contributed by atoms with Crippen LogP contribution in [0.1, 0.15) is 21.8 Å². The molecule has 0 bridgehead atoms. The number of carbonyl (C=O) groups excluding carboxylic acids is 2. The monoisotopic (exact) mass is 561 g/mol. The molecule has 2 N–H and O–H groups in total. The fourth-order valence-electron chi connectivity index (χ4n) is 3.48. The van der Waals surface area contributed by atoms with Crippen LogP contribution in [0.2, 0.25) is 20.1 Å². The lowest BCUT2D eigenvalue weighted by Gasteiger charge is -2.10. The zero-order valence-electron chi connectivity index (χ0n) is 16.4. The summed E-state index contributed by atoms with van der Waals surface area (Å²) in [6.07, 6.45) is 1.46. The minimum absolute atomic E-state index is 0.133. The molecule has 1 heterocycles. The van der Waals surface area contributed by atoms with E-state index in [-0.39, 0.29) is 16.4 Å². The van der Waals surface area contributed by atoms with Crippen molar-refractivity contribution in [2.45, 2.75) is 10.3 Å². The first-order chi connectivity index (χ1) is 15.6. The predicted octanol–water partition coefficient (Wildman–Crippen LogP) is 7.47. The summed E-state index contributed by atoms with van der Waals surface area (Å²) in [6, 6.07) is 12.5. The molecule has 1 fully saturated rings. The van der Waals surface area contributed by atoms with Crippen molar-refractivity contribution >= 4 is 92.9 Å². The topological polar surface area (TPSA) is 71.1 Å². The van der Waals surface area contributed by atoms with Crippen LogP contribution in [-0.4, -0.2) is 21.1 Å². The normalized spacial score (nSPS) is 18.5. The van der Waals surface area contributed by atoms with Crippen LogP contribution in [0.3, 0.4) is 0 Å². The highest BCUT2D eigenvalue weighted by Crippen LogP contribution is 2.65. The summed E-state index contributed by atoms with van der Waals surface area (Å²) in [6.45, 7) is 0. The highest BCUT2D eigenvalue weighted by Gasteiger charge is 2.67. The predicted molar refractivity (Wildman–Crippen MR) is 134 cm³/mol. The third-order valence-electron chi connectivity index (χ3n) is 5.02. The molecular formula is C22H13Cl6N3O2. The first-order valence-corrected chi connectivity index (χ1v) is 11.7. The van der Waals surface area contributed by atoms with Crippen molar-refractivity contribution in [1.82, 2.24) is 4.98 Å².